The number of fused-ring (bicyclic) bond motifs is 2. The Hall–Kier alpha value is -2.37. The van der Waals surface area contributed by atoms with Crippen LogP contribution in [0.15, 0.2) is 34.6 Å². The minimum atomic E-state index is -0.817. The maximum absolute atomic E-state index is 12.7. The van der Waals surface area contributed by atoms with Gasteiger partial charge in [0.15, 0.2) is 0 Å². The van der Waals surface area contributed by atoms with Gasteiger partial charge in [-0.25, -0.2) is 9.59 Å². The summed E-state index contributed by atoms with van der Waals surface area (Å²) in [6.45, 7) is 7.29. The highest BCUT2D eigenvalue weighted by atomic mass is 16.6. The van der Waals surface area contributed by atoms with Gasteiger partial charge in [-0.1, -0.05) is 26.8 Å². The summed E-state index contributed by atoms with van der Waals surface area (Å²) < 4.78 is 16.4. The third kappa shape index (κ3) is 2.91. The summed E-state index contributed by atoms with van der Waals surface area (Å²) in [5.74, 6) is -1.16. The Morgan fingerprint density at radius 2 is 2.11 bits per heavy atom. The molecule has 0 amide bonds. The molecule has 6 nitrogen and oxygen atoms in total. The van der Waals surface area contributed by atoms with Gasteiger partial charge < -0.3 is 14.2 Å². The zero-order chi connectivity index (χ0) is 19.9. The molecule has 0 saturated heterocycles. The number of hydrogen-bond acceptors (Lipinski definition) is 6. The lowest BCUT2D eigenvalue weighted by molar-refractivity contribution is -0.160. The quantitative estimate of drug-likeness (QED) is 0.555. The number of methoxy groups -OCH3 is 1. The molecule has 1 aliphatic heterocycles. The van der Waals surface area contributed by atoms with E-state index in [0.29, 0.717) is 35.3 Å². The number of rotatable bonds is 4. The second-order valence-electron chi connectivity index (χ2n) is 7.66. The first-order chi connectivity index (χ1) is 12.7. The van der Waals surface area contributed by atoms with E-state index in [1.54, 1.807) is 13.8 Å². The molecular weight excluding hydrogens is 348 g/mol. The topological polar surface area (TPSA) is 78.9 Å². The number of ether oxygens (including phenoxy) is 3. The molecule has 3 aliphatic rings. The van der Waals surface area contributed by atoms with Crippen molar-refractivity contribution in [2.24, 2.45) is 17.3 Å². The lowest BCUT2D eigenvalue weighted by Crippen LogP contribution is -2.50. The predicted molar refractivity (Wildman–Crippen MR) is 97.1 cm³/mol. The molecule has 0 bridgehead atoms. The standard InChI is InChI=1S/C21H26O6/c1-6-11(2)18(22)27-17-16-12(3)19(23)26-15(16)10-13-8-7-9-14(20(24)25-5)21(13,17)4/h9-11,13,17H,6-8H2,1-5H3. The van der Waals surface area contributed by atoms with E-state index in [9.17, 15) is 14.4 Å². The molecule has 2 aliphatic carbocycles. The van der Waals surface area contributed by atoms with Crippen LogP contribution in [-0.2, 0) is 28.6 Å². The van der Waals surface area contributed by atoms with E-state index in [1.165, 1.54) is 7.11 Å². The van der Waals surface area contributed by atoms with Crippen LogP contribution in [-0.4, -0.2) is 31.1 Å². The van der Waals surface area contributed by atoms with Crippen molar-refractivity contribution in [3.8, 4) is 0 Å². The van der Waals surface area contributed by atoms with Gasteiger partial charge in [-0.3, -0.25) is 4.79 Å². The molecule has 4 unspecified atom stereocenters. The molecule has 4 atom stereocenters. The SMILES string of the molecule is CCC(C)C(=O)OC1C2=C(C)C(=O)OC2=CC2CCC=C(C(=O)OC)C21C. The number of carbonyl (C=O) groups excluding carboxylic acids is 3. The summed E-state index contributed by atoms with van der Waals surface area (Å²) in [5, 5.41) is 0. The Labute approximate surface area is 159 Å². The van der Waals surface area contributed by atoms with Crippen LogP contribution in [0.3, 0.4) is 0 Å². The van der Waals surface area contributed by atoms with Crippen molar-refractivity contribution in [2.45, 2.75) is 53.1 Å². The highest BCUT2D eigenvalue weighted by Crippen LogP contribution is 2.55. The van der Waals surface area contributed by atoms with Crippen molar-refractivity contribution >= 4 is 17.9 Å². The zero-order valence-corrected chi connectivity index (χ0v) is 16.5. The van der Waals surface area contributed by atoms with Crippen LogP contribution in [0.5, 0.6) is 0 Å². The van der Waals surface area contributed by atoms with E-state index < -0.39 is 23.5 Å². The van der Waals surface area contributed by atoms with Crippen molar-refractivity contribution in [3.63, 3.8) is 0 Å². The minimum absolute atomic E-state index is 0.108. The Morgan fingerprint density at radius 3 is 2.74 bits per heavy atom. The van der Waals surface area contributed by atoms with E-state index in [4.69, 9.17) is 14.2 Å². The summed E-state index contributed by atoms with van der Waals surface area (Å²) in [7, 11) is 1.34. The van der Waals surface area contributed by atoms with Crippen molar-refractivity contribution in [2.75, 3.05) is 7.11 Å². The van der Waals surface area contributed by atoms with Gasteiger partial charge in [-0.2, -0.15) is 0 Å². The maximum Gasteiger partial charge on any atom is 0.339 e. The van der Waals surface area contributed by atoms with Gasteiger partial charge in [0.25, 0.3) is 0 Å². The van der Waals surface area contributed by atoms with Crippen LogP contribution in [0.25, 0.3) is 0 Å². The number of allylic oxidation sites excluding steroid dienone is 2. The van der Waals surface area contributed by atoms with Crippen LogP contribution in [0.4, 0.5) is 0 Å². The van der Waals surface area contributed by atoms with Crippen LogP contribution in [0.1, 0.15) is 47.0 Å². The van der Waals surface area contributed by atoms with Gasteiger partial charge in [-0.05, 0) is 38.2 Å². The predicted octanol–water partition coefficient (Wildman–Crippen LogP) is 3.23. The molecule has 1 heterocycles. The monoisotopic (exact) mass is 374 g/mol. The number of esters is 3. The Bertz CT molecular complexity index is 786. The van der Waals surface area contributed by atoms with Crippen molar-refractivity contribution < 1.29 is 28.6 Å². The molecule has 0 aromatic carbocycles. The fraction of sp³-hybridized carbons (Fsp3) is 0.571. The van der Waals surface area contributed by atoms with Crippen LogP contribution >= 0.6 is 0 Å². The van der Waals surface area contributed by atoms with E-state index in [0.717, 1.165) is 6.42 Å². The Morgan fingerprint density at radius 1 is 1.41 bits per heavy atom. The minimum Gasteiger partial charge on any atom is -0.466 e. The second-order valence-corrected chi connectivity index (χ2v) is 7.66. The first kappa shape index (κ1) is 19.4. The molecule has 146 valence electrons. The summed E-state index contributed by atoms with van der Waals surface area (Å²) in [6.07, 6.45) is 5.09. The molecule has 0 saturated carbocycles. The van der Waals surface area contributed by atoms with E-state index >= 15 is 0 Å². The van der Waals surface area contributed by atoms with Crippen molar-refractivity contribution in [1.82, 2.24) is 0 Å². The summed E-state index contributed by atoms with van der Waals surface area (Å²) >= 11 is 0. The van der Waals surface area contributed by atoms with Crippen molar-refractivity contribution in [1.29, 1.82) is 0 Å². The maximum atomic E-state index is 12.7. The van der Waals surface area contributed by atoms with Gasteiger partial charge in [0, 0.05) is 22.1 Å². The number of hydrogen-bond donors (Lipinski definition) is 0. The first-order valence-electron chi connectivity index (χ1n) is 9.40. The molecule has 27 heavy (non-hydrogen) atoms. The third-order valence-corrected chi connectivity index (χ3v) is 6.17. The molecule has 3 rings (SSSR count). The normalized spacial score (nSPS) is 30.5. The Kier molecular flexibility index (Phi) is 5.02. The molecule has 0 N–H and O–H groups in total. The van der Waals surface area contributed by atoms with Crippen molar-refractivity contribution in [3.05, 3.63) is 34.6 Å². The zero-order valence-electron chi connectivity index (χ0n) is 16.5. The largest absolute Gasteiger partial charge is 0.466 e. The molecule has 0 spiro atoms. The number of carbonyl (C=O) groups is 3. The highest BCUT2D eigenvalue weighted by molar-refractivity contribution is 5.96. The molecule has 6 heteroatoms. The molecule has 0 aromatic heterocycles. The molecular formula is C21H26O6. The van der Waals surface area contributed by atoms with Gasteiger partial charge in [0.2, 0.25) is 0 Å². The van der Waals surface area contributed by atoms with Gasteiger partial charge in [0.05, 0.1) is 13.0 Å². The Balaban J connectivity index is 2.16. The highest BCUT2D eigenvalue weighted by Gasteiger charge is 2.56. The van der Waals surface area contributed by atoms with Crippen LogP contribution in [0.2, 0.25) is 0 Å². The molecule has 0 fully saturated rings. The van der Waals surface area contributed by atoms with Crippen LogP contribution < -0.4 is 0 Å². The van der Waals surface area contributed by atoms with Crippen LogP contribution in [0, 0.1) is 17.3 Å². The smallest absolute Gasteiger partial charge is 0.339 e. The van der Waals surface area contributed by atoms with Gasteiger partial charge in [-0.15, -0.1) is 0 Å². The fourth-order valence-corrected chi connectivity index (χ4v) is 4.17. The second kappa shape index (κ2) is 6.98. The van der Waals surface area contributed by atoms with E-state index in [1.807, 2.05) is 26.0 Å². The first-order valence-corrected chi connectivity index (χ1v) is 9.40. The third-order valence-electron chi connectivity index (χ3n) is 6.17. The van der Waals surface area contributed by atoms with E-state index in [-0.39, 0.29) is 17.8 Å². The summed E-state index contributed by atoms with van der Waals surface area (Å²) in [5.41, 5.74) is 0.644. The summed E-state index contributed by atoms with van der Waals surface area (Å²) in [4.78, 5) is 37.4. The van der Waals surface area contributed by atoms with Gasteiger partial charge in [0.1, 0.15) is 11.9 Å². The average Bonchev–Trinajstić information content (AvgIpc) is 2.93. The van der Waals surface area contributed by atoms with E-state index in [2.05, 4.69) is 0 Å². The van der Waals surface area contributed by atoms with Gasteiger partial charge >= 0.3 is 17.9 Å². The molecule has 0 aromatic rings. The lowest BCUT2D eigenvalue weighted by atomic mass is 9.58. The summed E-state index contributed by atoms with van der Waals surface area (Å²) in [6, 6.07) is 0. The fourth-order valence-electron chi connectivity index (χ4n) is 4.17. The molecule has 0 radical (unpaired) electrons. The lowest BCUT2D eigenvalue weighted by Gasteiger charge is -2.48. The average molecular weight is 374 g/mol.